The van der Waals surface area contributed by atoms with E-state index in [0.29, 0.717) is 12.0 Å². The average Bonchev–Trinajstić information content (AvgIpc) is 2.53. The number of rotatable bonds is 1. The van der Waals surface area contributed by atoms with Gasteiger partial charge in [0, 0.05) is 6.42 Å². The first-order valence-corrected chi connectivity index (χ1v) is 4.78. The predicted octanol–water partition coefficient (Wildman–Crippen LogP) is 0.390. The van der Waals surface area contributed by atoms with Crippen LogP contribution in [0.2, 0.25) is 0 Å². The molecule has 4 heteroatoms. The number of nitrogens with two attached hydrogens (primary N) is 1. The molecule has 15 heavy (non-hydrogen) atoms. The molecule has 0 heterocycles. The number of hydrogen-bond acceptors (Lipinski definition) is 4. The summed E-state index contributed by atoms with van der Waals surface area (Å²) in [6.07, 6.45) is -0.0469. The number of aliphatic hydroxyl groups is 1. The van der Waals surface area contributed by atoms with E-state index in [2.05, 4.69) is 4.74 Å². The van der Waals surface area contributed by atoms with Crippen LogP contribution in [0.3, 0.4) is 0 Å². The number of benzene rings is 1. The van der Waals surface area contributed by atoms with Gasteiger partial charge in [-0.2, -0.15) is 0 Å². The van der Waals surface area contributed by atoms with Gasteiger partial charge in [0.05, 0.1) is 24.8 Å². The summed E-state index contributed by atoms with van der Waals surface area (Å²) in [6, 6.07) is 4.84. The summed E-state index contributed by atoms with van der Waals surface area (Å²) in [5.41, 5.74) is 8.12. The summed E-state index contributed by atoms with van der Waals surface area (Å²) < 4.78 is 4.62. The number of methoxy groups -OCH3 is 1. The van der Waals surface area contributed by atoms with Crippen LogP contribution >= 0.6 is 0 Å². The van der Waals surface area contributed by atoms with Crippen molar-refractivity contribution in [3.63, 3.8) is 0 Å². The van der Waals surface area contributed by atoms with E-state index in [0.717, 1.165) is 11.1 Å². The van der Waals surface area contributed by atoms with E-state index in [1.807, 2.05) is 0 Å². The fourth-order valence-corrected chi connectivity index (χ4v) is 1.91. The monoisotopic (exact) mass is 207 g/mol. The lowest BCUT2D eigenvalue weighted by molar-refractivity contribution is 0.0600. The second-order valence-corrected chi connectivity index (χ2v) is 3.70. The van der Waals surface area contributed by atoms with Crippen molar-refractivity contribution in [2.45, 2.75) is 18.6 Å². The summed E-state index contributed by atoms with van der Waals surface area (Å²) in [7, 11) is 1.34. The molecule has 0 radical (unpaired) electrons. The van der Waals surface area contributed by atoms with E-state index in [9.17, 15) is 9.90 Å². The zero-order valence-electron chi connectivity index (χ0n) is 8.43. The number of carbonyl (C=O) groups is 1. The Morgan fingerprint density at radius 1 is 1.60 bits per heavy atom. The van der Waals surface area contributed by atoms with Gasteiger partial charge in [-0.05, 0) is 23.3 Å². The van der Waals surface area contributed by atoms with Crippen molar-refractivity contribution in [2.75, 3.05) is 7.11 Å². The Hall–Kier alpha value is -1.39. The first kappa shape index (κ1) is 10.1. The Labute approximate surface area is 87.7 Å². The van der Waals surface area contributed by atoms with Gasteiger partial charge in [0.15, 0.2) is 0 Å². The molecule has 0 spiro atoms. The maximum absolute atomic E-state index is 11.3. The van der Waals surface area contributed by atoms with Crippen LogP contribution in [0, 0.1) is 0 Å². The number of ether oxygens (including phenoxy) is 1. The molecule has 1 aliphatic carbocycles. The van der Waals surface area contributed by atoms with Crippen LogP contribution in [0.4, 0.5) is 0 Å². The second-order valence-electron chi connectivity index (χ2n) is 3.70. The molecular weight excluding hydrogens is 194 g/mol. The van der Waals surface area contributed by atoms with E-state index < -0.39 is 6.10 Å². The highest BCUT2D eigenvalue weighted by Crippen LogP contribution is 2.30. The van der Waals surface area contributed by atoms with Crippen molar-refractivity contribution in [1.29, 1.82) is 0 Å². The van der Waals surface area contributed by atoms with Gasteiger partial charge in [-0.3, -0.25) is 0 Å². The number of aliphatic hydroxyl groups excluding tert-OH is 1. The fourth-order valence-electron chi connectivity index (χ4n) is 1.91. The van der Waals surface area contributed by atoms with E-state index in [4.69, 9.17) is 5.73 Å². The lowest BCUT2D eigenvalue weighted by atomic mass is 10.1. The minimum atomic E-state index is -0.548. The third kappa shape index (κ3) is 1.62. The Bertz CT molecular complexity index is 403. The molecule has 2 atom stereocenters. The van der Waals surface area contributed by atoms with Crippen molar-refractivity contribution >= 4 is 5.97 Å². The minimum Gasteiger partial charge on any atom is -0.465 e. The van der Waals surface area contributed by atoms with Crippen LogP contribution < -0.4 is 5.73 Å². The third-order valence-electron chi connectivity index (χ3n) is 2.77. The third-order valence-corrected chi connectivity index (χ3v) is 2.77. The number of carbonyl (C=O) groups excluding carboxylic acids is 1. The Morgan fingerprint density at radius 2 is 2.33 bits per heavy atom. The number of hydrogen-bond donors (Lipinski definition) is 2. The van der Waals surface area contributed by atoms with Crippen molar-refractivity contribution < 1.29 is 14.6 Å². The number of esters is 1. The maximum Gasteiger partial charge on any atom is 0.337 e. The van der Waals surface area contributed by atoms with Crippen LogP contribution in [0.1, 0.15) is 27.5 Å². The molecule has 2 rings (SSSR count). The molecule has 0 saturated heterocycles. The molecule has 0 bridgehead atoms. The normalized spacial score (nSPS) is 23.7. The van der Waals surface area contributed by atoms with E-state index in [1.54, 1.807) is 18.2 Å². The summed E-state index contributed by atoms with van der Waals surface area (Å²) in [5, 5.41) is 9.56. The molecule has 0 amide bonds. The molecule has 1 aliphatic rings. The van der Waals surface area contributed by atoms with Gasteiger partial charge >= 0.3 is 5.97 Å². The molecule has 0 fully saturated rings. The summed E-state index contributed by atoms with van der Waals surface area (Å²) in [4.78, 5) is 11.3. The topological polar surface area (TPSA) is 72.5 Å². The molecule has 0 aromatic heterocycles. The Morgan fingerprint density at radius 3 is 3.00 bits per heavy atom. The molecule has 4 nitrogen and oxygen atoms in total. The van der Waals surface area contributed by atoms with Crippen LogP contribution in [-0.2, 0) is 11.2 Å². The van der Waals surface area contributed by atoms with Crippen LogP contribution in [0.25, 0.3) is 0 Å². The fraction of sp³-hybridized carbons (Fsp3) is 0.364. The zero-order valence-corrected chi connectivity index (χ0v) is 8.43. The van der Waals surface area contributed by atoms with Gasteiger partial charge in [0.1, 0.15) is 0 Å². The van der Waals surface area contributed by atoms with Crippen LogP contribution in [0.5, 0.6) is 0 Å². The van der Waals surface area contributed by atoms with E-state index >= 15 is 0 Å². The summed E-state index contributed by atoms with van der Waals surface area (Å²) in [5.74, 6) is -0.368. The SMILES string of the molecule is COC(=O)c1ccc2c(c1)C[C@@H](O)C2N. The highest BCUT2D eigenvalue weighted by molar-refractivity contribution is 5.89. The highest BCUT2D eigenvalue weighted by Gasteiger charge is 2.28. The van der Waals surface area contributed by atoms with Gasteiger partial charge in [-0.1, -0.05) is 6.07 Å². The Balaban J connectivity index is 2.37. The standard InChI is InChI=1S/C11H13NO3/c1-15-11(14)6-2-3-8-7(4-6)5-9(13)10(8)12/h2-4,9-10,13H,5,12H2,1H3/t9-,10?/m1/s1. The van der Waals surface area contributed by atoms with Crippen molar-refractivity contribution in [2.24, 2.45) is 5.73 Å². The average molecular weight is 207 g/mol. The first-order valence-electron chi connectivity index (χ1n) is 4.78. The molecule has 80 valence electrons. The quantitative estimate of drug-likeness (QED) is 0.653. The molecule has 3 N–H and O–H groups in total. The van der Waals surface area contributed by atoms with Crippen LogP contribution in [-0.4, -0.2) is 24.3 Å². The largest absolute Gasteiger partial charge is 0.465 e. The molecule has 1 aromatic rings. The second kappa shape index (κ2) is 3.64. The Kier molecular flexibility index (Phi) is 2.46. The van der Waals surface area contributed by atoms with Gasteiger partial charge in [0.2, 0.25) is 0 Å². The van der Waals surface area contributed by atoms with Crippen molar-refractivity contribution in [3.05, 3.63) is 34.9 Å². The lowest BCUT2D eigenvalue weighted by Gasteiger charge is -2.08. The zero-order chi connectivity index (χ0) is 11.0. The molecule has 0 saturated carbocycles. The van der Waals surface area contributed by atoms with Crippen LogP contribution in [0.15, 0.2) is 18.2 Å². The van der Waals surface area contributed by atoms with Gasteiger partial charge in [0.25, 0.3) is 0 Å². The van der Waals surface area contributed by atoms with Crippen molar-refractivity contribution in [3.8, 4) is 0 Å². The van der Waals surface area contributed by atoms with Gasteiger partial charge in [-0.25, -0.2) is 4.79 Å². The maximum atomic E-state index is 11.3. The molecule has 0 aliphatic heterocycles. The molecule has 1 unspecified atom stereocenters. The minimum absolute atomic E-state index is 0.341. The summed E-state index contributed by atoms with van der Waals surface area (Å²) >= 11 is 0. The van der Waals surface area contributed by atoms with Gasteiger partial charge < -0.3 is 15.6 Å². The summed E-state index contributed by atoms with van der Waals surface area (Å²) in [6.45, 7) is 0. The number of fused-ring (bicyclic) bond motifs is 1. The van der Waals surface area contributed by atoms with E-state index in [-0.39, 0.29) is 12.0 Å². The smallest absolute Gasteiger partial charge is 0.337 e. The molecule has 1 aromatic carbocycles. The predicted molar refractivity (Wildman–Crippen MR) is 54.4 cm³/mol. The molecular formula is C11H13NO3. The first-order chi connectivity index (χ1) is 7.13. The van der Waals surface area contributed by atoms with E-state index in [1.165, 1.54) is 7.11 Å². The highest BCUT2D eigenvalue weighted by atomic mass is 16.5. The lowest BCUT2D eigenvalue weighted by Crippen LogP contribution is -2.21. The van der Waals surface area contributed by atoms with Crippen molar-refractivity contribution in [1.82, 2.24) is 0 Å². The van der Waals surface area contributed by atoms with Gasteiger partial charge in [-0.15, -0.1) is 0 Å².